The zero-order valence-electron chi connectivity index (χ0n) is 12.0. The minimum absolute atomic E-state index is 0.0319. The van der Waals surface area contributed by atoms with Crippen molar-refractivity contribution in [3.05, 3.63) is 28.8 Å². The molecule has 0 aliphatic heterocycles. The van der Waals surface area contributed by atoms with E-state index < -0.39 is 16.6 Å². The number of aliphatic hydroxyl groups excluding tert-OH is 1. The van der Waals surface area contributed by atoms with Crippen LogP contribution in [0.5, 0.6) is 0 Å². The Kier molecular flexibility index (Phi) is 4.76. The SMILES string of the molecule is Cc1[nH]ncc1CCCNS(=O)(=O)c1c(CO)n[nH]c1C. The highest BCUT2D eigenvalue weighted by Gasteiger charge is 2.23. The van der Waals surface area contributed by atoms with Gasteiger partial charge in [-0.1, -0.05) is 0 Å². The standard InChI is InChI=1S/C12H19N5O3S/c1-8-10(6-13-15-8)4-3-5-14-21(19,20)12-9(2)16-17-11(12)7-18/h6,14,18H,3-5,7H2,1-2H3,(H,13,15)(H,16,17). The van der Waals surface area contributed by atoms with Crippen molar-refractivity contribution < 1.29 is 13.5 Å². The molecule has 0 aliphatic carbocycles. The molecule has 2 heterocycles. The second-order valence-electron chi connectivity index (χ2n) is 4.80. The van der Waals surface area contributed by atoms with Crippen LogP contribution < -0.4 is 4.72 Å². The topological polar surface area (TPSA) is 124 Å². The third-order valence-corrected chi connectivity index (χ3v) is 4.89. The number of nitrogens with one attached hydrogen (secondary N) is 3. The van der Waals surface area contributed by atoms with Gasteiger partial charge in [0, 0.05) is 12.2 Å². The largest absolute Gasteiger partial charge is 0.390 e. The fraction of sp³-hybridized carbons (Fsp3) is 0.500. The van der Waals surface area contributed by atoms with Crippen molar-refractivity contribution >= 4 is 10.0 Å². The van der Waals surface area contributed by atoms with Gasteiger partial charge >= 0.3 is 0 Å². The summed E-state index contributed by atoms with van der Waals surface area (Å²) in [7, 11) is -3.67. The van der Waals surface area contributed by atoms with Crippen LogP contribution in [0.2, 0.25) is 0 Å². The van der Waals surface area contributed by atoms with Crippen molar-refractivity contribution in [2.45, 2.75) is 38.2 Å². The second-order valence-corrected chi connectivity index (χ2v) is 6.51. The van der Waals surface area contributed by atoms with Crippen molar-refractivity contribution in [1.82, 2.24) is 25.1 Å². The molecule has 0 unspecified atom stereocenters. The van der Waals surface area contributed by atoms with Gasteiger partial charge in [0.05, 0.1) is 18.5 Å². The molecule has 9 heteroatoms. The average molecular weight is 313 g/mol. The highest BCUT2D eigenvalue weighted by molar-refractivity contribution is 7.89. The van der Waals surface area contributed by atoms with E-state index in [1.807, 2.05) is 6.92 Å². The Balaban J connectivity index is 1.96. The number of aryl methyl sites for hydroxylation is 3. The van der Waals surface area contributed by atoms with Gasteiger partial charge in [-0.05, 0) is 32.3 Å². The molecule has 0 spiro atoms. The predicted octanol–water partition coefficient (Wildman–Crippen LogP) is 0.153. The molecule has 8 nitrogen and oxygen atoms in total. The summed E-state index contributed by atoms with van der Waals surface area (Å²) in [5.41, 5.74) is 2.61. The van der Waals surface area contributed by atoms with Crippen LogP contribution >= 0.6 is 0 Å². The first-order valence-corrected chi connectivity index (χ1v) is 8.07. The minimum atomic E-state index is -3.67. The predicted molar refractivity (Wildman–Crippen MR) is 76.1 cm³/mol. The van der Waals surface area contributed by atoms with E-state index in [1.165, 1.54) is 0 Å². The lowest BCUT2D eigenvalue weighted by Gasteiger charge is -2.07. The first-order chi connectivity index (χ1) is 9.95. The van der Waals surface area contributed by atoms with Crippen LogP contribution in [0, 0.1) is 13.8 Å². The third-order valence-electron chi connectivity index (χ3n) is 3.23. The van der Waals surface area contributed by atoms with Gasteiger partial charge in [-0.3, -0.25) is 10.2 Å². The van der Waals surface area contributed by atoms with E-state index in [2.05, 4.69) is 25.1 Å². The molecule has 0 bridgehead atoms. The van der Waals surface area contributed by atoms with E-state index in [4.69, 9.17) is 5.11 Å². The highest BCUT2D eigenvalue weighted by atomic mass is 32.2. The summed E-state index contributed by atoms with van der Waals surface area (Å²) in [5.74, 6) is 0. The maximum absolute atomic E-state index is 12.2. The molecule has 4 N–H and O–H groups in total. The van der Waals surface area contributed by atoms with Gasteiger partial charge in [0.2, 0.25) is 10.0 Å². The van der Waals surface area contributed by atoms with Crippen LogP contribution in [0.25, 0.3) is 0 Å². The Hall–Kier alpha value is -1.71. The Morgan fingerprint density at radius 1 is 1.29 bits per heavy atom. The molecular formula is C12H19N5O3S. The van der Waals surface area contributed by atoms with E-state index in [9.17, 15) is 8.42 Å². The monoisotopic (exact) mass is 313 g/mol. The fourth-order valence-corrected chi connectivity index (χ4v) is 3.54. The molecular weight excluding hydrogens is 294 g/mol. The van der Waals surface area contributed by atoms with E-state index in [1.54, 1.807) is 13.1 Å². The van der Waals surface area contributed by atoms with Crippen molar-refractivity contribution in [2.75, 3.05) is 6.54 Å². The van der Waals surface area contributed by atoms with Gasteiger partial charge < -0.3 is 5.11 Å². The lowest BCUT2D eigenvalue weighted by atomic mass is 10.1. The Morgan fingerprint density at radius 2 is 2.05 bits per heavy atom. The van der Waals surface area contributed by atoms with E-state index in [0.717, 1.165) is 17.7 Å². The molecule has 0 aromatic carbocycles. The van der Waals surface area contributed by atoms with Gasteiger partial charge in [-0.15, -0.1) is 0 Å². The highest BCUT2D eigenvalue weighted by Crippen LogP contribution is 2.17. The van der Waals surface area contributed by atoms with Crippen molar-refractivity contribution in [1.29, 1.82) is 0 Å². The number of rotatable bonds is 7. The van der Waals surface area contributed by atoms with Crippen LogP contribution in [-0.2, 0) is 23.1 Å². The van der Waals surface area contributed by atoms with Crippen LogP contribution in [0.3, 0.4) is 0 Å². The molecule has 0 aliphatic rings. The molecule has 116 valence electrons. The first kappa shape index (κ1) is 15.7. The van der Waals surface area contributed by atoms with Gasteiger partial charge in [0.25, 0.3) is 0 Å². The summed E-state index contributed by atoms with van der Waals surface area (Å²) in [6.07, 6.45) is 3.14. The number of aromatic nitrogens is 4. The van der Waals surface area contributed by atoms with Crippen LogP contribution in [-0.4, -0.2) is 40.5 Å². The number of hydrogen-bond donors (Lipinski definition) is 4. The van der Waals surface area contributed by atoms with Gasteiger partial charge in [0.15, 0.2) is 0 Å². The number of sulfonamides is 1. The molecule has 21 heavy (non-hydrogen) atoms. The van der Waals surface area contributed by atoms with E-state index >= 15 is 0 Å². The van der Waals surface area contributed by atoms with E-state index in [0.29, 0.717) is 18.7 Å². The third kappa shape index (κ3) is 3.49. The normalized spacial score (nSPS) is 12.0. The number of aliphatic hydroxyl groups is 1. The number of nitrogens with zero attached hydrogens (tertiary/aromatic N) is 2. The fourth-order valence-electron chi connectivity index (χ4n) is 2.12. The first-order valence-electron chi connectivity index (χ1n) is 6.59. The van der Waals surface area contributed by atoms with Crippen LogP contribution in [0.4, 0.5) is 0 Å². The lowest BCUT2D eigenvalue weighted by molar-refractivity contribution is 0.273. The maximum atomic E-state index is 12.2. The lowest BCUT2D eigenvalue weighted by Crippen LogP contribution is -2.26. The van der Waals surface area contributed by atoms with Gasteiger partial charge in [-0.2, -0.15) is 10.2 Å². The Labute approximate surface area is 123 Å². The summed E-state index contributed by atoms with van der Waals surface area (Å²) in [6, 6.07) is 0. The van der Waals surface area contributed by atoms with Crippen molar-refractivity contribution in [3.8, 4) is 0 Å². The summed E-state index contributed by atoms with van der Waals surface area (Å²) in [4.78, 5) is 0.0319. The summed E-state index contributed by atoms with van der Waals surface area (Å²) in [6.45, 7) is 3.42. The molecule has 0 atom stereocenters. The zero-order valence-corrected chi connectivity index (χ0v) is 12.8. The molecule has 2 aromatic rings. The van der Waals surface area contributed by atoms with Gasteiger partial charge in [-0.25, -0.2) is 13.1 Å². The summed E-state index contributed by atoms with van der Waals surface area (Å²) >= 11 is 0. The molecule has 0 saturated carbocycles. The van der Waals surface area contributed by atoms with Crippen molar-refractivity contribution in [3.63, 3.8) is 0 Å². The van der Waals surface area contributed by atoms with E-state index in [-0.39, 0.29) is 10.6 Å². The molecule has 0 amide bonds. The average Bonchev–Trinajstić information content (AvgIpc) is 3.01. The molecule has 0 fully saturated rings. The quantitative estimate of drug-likeness (QED) is 0.542. The molecule has 2 rings (SSSR count). The van der Waals surface area contributed by atoms with Gasteiger partial charge in [0.1, 0.15) is 10.6 Å². The molecule has 0 radical (unpaired) electrons. The van der Waals surface area contributed by atoms with Crippen molar-refractivity contribution in [2.24, 2.45) is 0 Å². The number of hydrogen-bond acceptors (Lipinski definition) is 5. The number of H-pyrrole nitrogens is 2. The molecule has 0 saturated heterocycles. The maximum Gasteiger partial charge on any atom is 0.244 e. The summed E-state index contributed by atoms with van der Waals surface area (Å²) < 4.78 is 27.0. The smallest absolute Gasteiger partial charge is 0.244 e. The van der Waals surface area contributed by atoms with Crippen LogP contribution in [0.15, 0.2) is 11.1 Å². The number of aromatic amines is 2. The molecule has 2 aromatic heterocycles. The Bertz CT molecular complexity index is 704. The minimum Gasteiger partial charge on any atom is -0.390 e. The van der Waals surface area contributed by atoms with Crippen LogP contribution in [0.1, 0.15) is 29.1 Å². The Morgan fingerprint density at radius 3 is 2.67 bits per heavy atom. The second kappa shape index (κ2) is 6.37. The summed E-state index contributed by atoms with van der Waals surface area (Å²) in [5, 5.41) is 22.2. The zero-order chi connectivity index (χ0) is 15.5.